The van der Waals surface area contributed by atoms with Crippen LogP contribution in [0.4, 0.5) is 4.39 Å². The molecule has 1 heterocycles. The van der Waals surface area contributed by atoms with Crippen LogP contribution in [0.5, 0.6) is 0 Å². The van der Waals surface area contributed by atoms with Crippen molar-refractivity contribution >= 4 is 44.3 Å². The maximum absolute atomic E-state index is 12.4. The molecule has 1 rings (SSSR count). The first kappa shape index (κ1) is 18.9. The Morgan fingerprint density at radius 3 is 2.09 bits per heavy atom. The van der Waals surface area contributed by atoms with E-state index in [0.717, 1.165) is 23.9 Å². The topological polar surface area (TPSA) is 142 Å². The molecule has 1 fully saturated rings. The molecule has 14 heteroatoms. The molecule has 1 atom stereocenters. The first-order valence-corrected chi connectivity index (χ1v) is 9.47. The fourth-order valence-electron chi connectivity index (χ4n) is 1.85. The number of hydrogen-bond donors (Lipinski definition) is 1. The molecule has 1 unspecified atom stereocenters. The lowest BCUT2D eigenvalue weighted by molar-refractivity contribution is 0.304. The van der Waals surface area contributed by atoms with E-state index in [4.69, 9.17) is 0 Å². The Morgan fingerprint density at radius 1 is 1.18 bits per heavy atom. The van der Waals surface area contributed by atoms with E-state index in [-0.39, 0.29) is 23.1 Å². The fraction of sp³-hybridized carbons (Fsp3) is 0.750. The van der Waals surface area contributed by atoms with Crippen LogP contribution in [0.15, 0.2) is 8.80 Å². The summed E-state index contributed by atoms with van der Waals surface area (Å²) in [4.78, 5) is 18.7. The number of isocyanates is 2. The maximum atomic E-state index is 12.4. The summed E-state index contributed by atoms with van der Waals surface area (Å²) in [5.41, 5.74) is 0. The Bertz CT molecular complexity index is 656. The highest BCUT2D eigenvalue weighted by atomic mass is 32.3. The van der Waals surface area contributed by atoms with Gasteiger partial charge in [0.2, 0.25) is 0 Å². The quantitative estimate of drug-likeness (QED) is 0.429. The molecule has 0 aromatic heterocycles. The summed E-state index contributed by atoms with van der Waals surface area (Å²) < 4.78 is 65.1. The molecule has 124 valence electrons. The summed E-state index contributed by atoms with van der Waals surface area (Å²) >= 11 is 0.854. The minimum atomic E-state index is -5.06. The zero-order chi connectivity index (χ0) is 16.9. The summed E-state index contributed by atoms with van der Waals surface area (Å²) in [6.07, 6.45) is 1.03. The first-order chi connectivity index (χ1) is 10.3. The molecular weight excluding hydrogens is 363 g/mol. The van der Waals surface area contributed by atoms with E-state index in [2.05, 4.69) is 14.1 Å². The van der Waals surface area contributed by atoms with Crippen LogP contribution in [0.25, 0.3) is 0 Å². The number of carbonyl (C=O) groups excluding carboxylic acids is 2. The van der Waals surface area contributed by atoms with E-state index in [0.29, 0.717) is 5.75 Å². The highest BCUT2D eigenvalue weighted by Crippen LogP contribution is 2.40. The van der Waals surface area contributed by atoms with Crippen molar-refractivity contribution in [3.05, 3.63) is 0 Å². The van der Waals surface area contributed by atoms with E-state index in [1.807, 2.05) is 0 Å². The molecule has 1 saturated heterocycles. The van der Waals surface area contributed by atoms with Crippen LogP contribution in [0, 0.1) is 0 Å². The Kier molecular flexibility index (Phi) is 6.38. The number of nitrogens with one attached hydrogen (secondary N) is 1. The number of thioether (sulfide) groups is 1. The molecule has 0 spiro atoms. The van der Waals surface area contributed by atoms with Crippen molar-refractivity contribution in [3.8, 4) is 0 Å². The van der Waals surface area contributed by atoms with Crippen LogP contribution in [-0.4, -0.2) is 56.7 Å². The van der Waals surface area contributed by atoms with Gasteiger partial charge in [0.1, 0.15) is 0 Å². The van der Waals surface area contributed by atoms with E-state index < -0.39 is 32.1 Å². The van der Waals surface area contributed by atoms with E-state index in [9.17, 15) is 30.8 Å². The van der Waals surface area contributed by atoms with Crippen LogP contribution in [0.1, 0.15) is 12.8 Å². The van der Waals surface area contributed by atoms with E-state index >= 15 is 0 Å². The average Bonchev–Trinajstić information content (AvgIpc) is 2.84. The predicted molar refractivity (Wildman–Crippen MR) is 74.3 cm³/mol. The first-order valence-electron chi connectivity index (χ1n) is 5.69. The van der Waals surface area contributed by atoms with Gasteiger partial charge in [-0.25, -0.2) is 9.59 Å². The van der Waals surface area contributed by atoms with Crippen LogP contribution < -0.4 is 5.32 Å². The van der Waals surface area contributed by atoms with Crippen molar-refractivity contribution in [2.45, 2.75) is 17.8 Å². The molecule has 1 N–H and O–H groups in total. The van der Waals surface area contributed by atoms with Gasteiger partial charge in [-0.05, 0) is 16.6 Å². The van der Waals surface area contributed by atoms with Crippen molar-refractivity contribution in [2.24, 2.45) is 8.80 Å². The number of nitrogens with zero attached hydrogens (tertiary/aromatic N) is 3. The minimum absolute atomic E-state index is 0.169. The summed E-state index contributed by atoms with van der Waals surface area (Å²) in [6, 6.07) is 0. The lowest BCUT2D eigenvalue weighted by atomic mass is 10.2. The zero-order valence-corrected chi connectivity index (χ0v) is 13.4. The fourth-order valence-corrected chi connectivity index (χ4v) is 6.42. The average molecular weight is 374 g/mol. The Labute approximate surface area is 130 Å². The summed E-state index contributed by atoms with van der Waals surface area (Å²) in [7, 11) is -10.1. The van der Waals surface area contributed by atoms with Crippen molar-refractivity contribution in [1.29, 1.82) is 0 Å². The van der Waals surface area contributed by atoms with E-state index in [1.165, 1.54) is 0 Å². The van der Waals surface area contributed by atoms with Crippen LogP contribution in [0.3, 0.4) is 0 Å². The van der Waals surface area contributed by atoms with Crippen LogP contribution in [0.2, 0.25) is 0 Å². The maximum Gasteiger partial charge on any atom is 0.349 e. The van der Waals surface area contributed by atoms with Gasteiger partial charge in [0, 0.05) is 12.3 Å². The standard InChI is InChI=1S/C8H11FN4O6S3/c9-3-1-2-8(10-4-5-20-8)13(21(16,17)11-6-14)22(18,19)12-7-15/h10H,1-5H2. The molecule has 0 aromatic carbocycles. The van der Waals surface area contributed by atoms with E-state index in [1.54, 1.807) is 0 Å². The van der Waals surface area contributed by atoms with Crippen molar-refractivity contribution in [3.63, 3.8) is 0 Å². The van der Waals surface area contributed by atoms with Gasteiger partial charge in [-0.15, -0.1) is 11.8 Å². The second-order valence-electron chi connectivity index (χ2n) is 3.87. The molecule has 22 heavy (non-hydrogen) atoms. The molecule has 0 radical (unpaired) electrons. The lowest BCUT2D eigenvalue weighted by Crippen LogP contribution is -2.57. The highest BCUT2D eigenvalue weighted by Gasteiger charge is 2.53. The third-order valence-corrected chi connectivity index (χ3v) is 7.36. The molecule has 10 nitrogen and oxygen atoms in total. The number of hydrogen-bond acceptors (Lipinski definition) is 8. The molecule has 0 saturated carbocycles. The van der Waals surface area contributed by atoms with Gasteiger partial charge in [-0.1, -0.05) is 8.80 Å². The van der Waals surface area contributed by atoms with Crippen molar-refractivity contribution < 1.29 is 30.8 Å². The van der Waals surface area contributed by atoms with Gasteiger partial charge in [0.05, 0.1) is 6.67 Å². The van der Waals surface area contributed by atoms with Gasteiger partial charge in [-0.2, -0.15) is 16.8 Å². The third kappa shape index (κ3) is 3.98. The number of alkyl halides is 1. The van der Waals surface area contributed by atoms with Gasteiger partial charge in [-0.3, -0.25) is 9.71 Å². The molecule has 0 aliphatic carbocycles. The van der Waals surface area contributed by atoms with Gasteiger partial charge in [0.15, 0.2) is 4.99 Å². The smallest absolute Gasteiger partial charge is 0.288 e. The Balaban J connectivity index is 3.54. The lowest BCUT2D eigenvalue weighted by Gasteiger charge is -2.34. The van der Waals surface area contributed by atoms with Gasteiger partial charge < -0.3 is 0 Å². The van der Waals surface area contributed by atoms with Crippen LogP contribution >= 0.6 is 11.8 Å². The zero-order valence-electron chi connectivity index (χ0n) is 10.9. The molecule has 0 bridgehead atoms. The largest absolute Gasteiger partial charge is 0.349 e. The second kappa shape index (κ2) is 7.42. The summed E-state index contributed by atoms with van der Waals surface area (Å²) in [5, 5.41) is 2.62. The predicted octanol–water partition coefficient (Wildman–Crippen LogP) is -0.810. The molecule has 0 aromatic rings. The highest BCUT2D eigenvalue weighted by molar-refractivity contribution is 8.06. The monoisotopic (exact) mass is 374 g/mol. The van der Waals surface area contributed by atoms with Gasteiger partial charge in [0.25, 0.3) is 12.2 Å². The molecular formula is C8H11FN4O6S3. The van der Waals surface area contributed by atoms with Gasteiger partial charge >= 0.3 is 20.4 Å². The minimum Gasteiger partial charge on any atom is -0.288 e. The Hall–Kier alpha value is -1.14. The SMILES string of the molecule is O=C=NS(=O)(=O)N(C1(CCCF)NCCS1)S(=O)(=O)N=C=O. The summed E-state index contributed by atoms with van der Waals surface area (Å²) in [6.45, 7) is -0.611. The van der Waals surface area contributed by atoms with Crippen molar-refractivity contribution in [1.82, 2.24) is 9.03 Å². The number of rotatable bonds is 8. The normalized spacial score (nSPS) is 22.1. The second-order valence-corrected chi connectivity index (χ2v) is 8.36. The van der Waals surface area contributed by atoms with Crippen molar-refractivity contribution in [2.75, 3.05) is 19.0 Å². The molecule has 1 aliphatic heterocycles. The third-order valence-electron chi connectivity index (χ3n) is 2.51. The summed E-state index contributed by atoms with van der Waals surface area (Å²) in [5.74, 6) is 0.309. The molecule has 1 aliphatic rings. The molecule has 0 amide bonds. The number of halogens is 1. The van der Waals surface area contributed by atoms with Crippen LogP contribution in [-0.2, 0) is 30.0 Å². The Morgan fingerprint density at radius 2 is 1.73 bits per heavy atom.